The summed E-state index contributed by atoms with van der Waals surface area (Å²) in [5.41, 5.74) is 0.983. The molecule has 24 heavy (non-hydrogen) atoms. The first-order valence-corrected chi connectivity index (χ1v) is 8.45. The van der Waals surface area contributed by atoms with Gasteiger partial charge in [-0.1, -0.05) is 6.07 Å². The molecule has 0 radical (unpaired) electrons. The van der Waals surface area contributed by atoms with Gasteiger partial charge in [0.2, 0.25) is 15.6 Å². The second-order valence-corrected chi connectivity index (χ2v) is 6.86. The van der Waals surface area contributed by atoms with Crippen LogP contribution in [-0.4, -0.2) is 19.3 Å². The minimum absolute atomic E-state index is 0.0476. The molecule has 1 aliphatic heterocycles. The zero-order valence-corrected chi connectivity index (χ0v) is 12.9. The molecule has 0 unspecified atom stereocenters. The first-order chi connectivity index (χ1) is 11.5. The molecule has 8 heteroatoms. The second-order valence-electron chi connectivity index (χ2n) is 5.06. The fraction of sp³-hybridized carbons (Fsp3) is 0. The number of fused-ring (bicyclic) bond motifs is 1. The third-order valence-corrected chi connectivity index (χ3v) is 4.99. The normalized spacial score (nSPS) is 14.5. The molecule has 1 aliphatic rings. The summed E-state index contributed by atoms with van der Waals surface area (Å²) >= 11 is 0. The van der Waals surface area contributed by atoms with Gasteiger partial charge < -0.3 is 14.2 Å². The van der Waals surface area contributed by atoms with Crippen molar-refractivity contribution in [2.45, 2.75) is 4.90 Å². The van der Waals surface area contributed by atoms with Gasteiger partial charge in [0, 0.05) is 11.1 Å². The molecule has 0 saturated heterocycles. The number of benzene rings is 1. The number of carbonyl (C=O) groups is 1. The number of sulfone groups is 1. The van der Waals surface area contributed by atoms with E-state index in [9.17, 15) is 13.2 Å². The van der Waals surface area contributed by atoms with Crippen molar-refractivity contribution in [1.29, 1.82) is 0 Å². The minimum atomic E-state index is -3.44. The lowest BCUT2D eigenvalue weighted by Gasteiger charge is -2.06. The molecule has 4 rings (SSSR count). The van der Waals surface area contributed by atoms with Crippen molar-refractivity contribution in [3.05, 3.63) is 59.7 Å². The number of hydrogen-bond donors (Lipinski definition) is 1. The molecule has 3 heterocycles. The number of carbonyl (C=O) groups excluding carboxylic acids is 1. The van der Waals surface area contributed by atoms with Crippen molar-refractivity contribution in [3.63, 3.8) is 0 Å². The van der Waals surface area contributed by atoms with Gasteiger partial charge in [0.25, 0.3) is 5.91 Å². The number of nitrogens with zero attached hydrogens (tertiary/aromatic N) is 1. The number of anilines is 1. The number of nitrogens with one attached hydrogen (secondary N) is 1. The van der Waals surface area contributed by atoms with E-state index in [4.69, 9.17) is 8.83 Å². The van der Waals surface area contributed by atoms with Gasteiger partial charge in [-0.2, -0.15) is 0 Å². The molecular weight excluding hydrogens is 332 g/mol. The lowest BCUT2D eigenvalue weighted by Crippen LogP contribution is -2.13. The van der Waals surface area contributed by atoms with E-state index in [0.29, 0.717) is 17.0 Å². The Kier molecular flexibility index (Phi) is 3.14. The van der Waals surface area contributed by atoms with Crippen LogP contribution in [0, 0.1) is 0 Å². The Morgan fingerprint density at radius 1 is 1.17 bits per heavy atom. The van der Waals surface area contributed by atoms with Gasteiger partial charge in [-0.25, -0.2) is 13.4 Å². The van der Waals surface area contributed by atoms with Crippen LogP contribution in [0.5, 0.6) is 0 Å². The summed E-state index contributed by atoms with van der Waals surface area (Å²) in [6.45, 7) is 0. The van der Waals surface area contributed by atoms with E-state index >= 15 is 0 Å². The van der Waals surface area contributed by atoms with Gasteiger partial charge >= 0.3 is 0 Å². The number of aromatic nitrogens is 1. The van der Waals surface area contributed by atoms with E-state index in [2.05, 4.69) is 10.3 Å². The summed E-state index contributed by atoms with van der Waals surface area (Å²) in [5, 5.41) is 3.75. The molecule has 0 aliphatic carbocycles. The highest BCUT2D eigenvalue weighted by Gasteiger charge is 2.23. The number of hydrogen-bond acceptors (Lipinski definition) is 6. The van der Waals surface area contributed by atoms with Crippen LogP contribution >= 0.6 is 0 Å². The highest BCUT2D eigenvalue weighted by Crippen LogP contribution is 2.30. The number of rotatable bonds is 3. The molecule has 3 aromatic rings. The smallest absolute Gasteiger partial charge is 0.278 e. The quantitative estimate of drug-likeness (QED) is 0.785. The average molecular weight is 342 g/mol. The van der Waals surface area contributed by atoms with E-state index < -0.39 is 15.7 Å². The number of furan rings is 1. The topological polar surface area (TPSA) is 102 Å². The van der Waals surface area contributed by atoms with E-state index in [1.54, 1.807) is 24.3 Å². The molecular formula is C16H10N2O5S. The maximum atomic E-state index is 12.4. The monoisotopic (exact) mass is 342 g/mol. The molecule has 7 nitrogen and oxygen atoms in total. The lowest BCUT2D eigenvalue weighted by molar-refractivity contribution is 0.102. The highest BCUT2D eigenvalue weighted by atomic mass is 32.2. The zero-order valence-electron chi connectivity index (χ0n) is 12.1. The van der Waals surface area contributed by atoms with Gasteiger partial charge in [-0.3, -0.25) is 4.79 Å². The average Bonchev–Trinajstić information content (AvgIpc) is 3.27. The van der Waals surface area contributed by atoms with Gasteiger partial charge in [-0.15, -0.1) is 0 Å². The van der Waals surface area contributed by atoms with Crippen molar-refractivity contribution < 1.29 is 22.0 Å². The van der Waals surface area contributed by atoms with Crippen molar-refractivity contribution in [2.24, 2.45) is 0 Å². The van der Waals surface area contributed by atoms with Crippen molar-refractivity contribution in [3.8, 4) is 11.5 Å². The first-order valence-electron chi connectivity index (χ1n) is 6.90. The maximum Gasteiger partial charge on any atom is 0.278 e. The molecule has 0 spiro atoms. The van der Waals surface area contributed by atoms with Crippen LogP contribution in [0.3, 0.4) is 0 Å². The van der Waals surface area contributed by atoms with Crippen LogP contribution in [-0.2, 0) is 9.84 Å². The predicted octanol–water partition coefficient (Wildman–Crippen LogP) is 2.94. The Morgan fingerprint density at radius 2 is 2.04 bits per heavy atom. The van der Waals surface area contributed by atoms with Crippen molar-refractivity contribution in [1.82, 2.24) is 4.98 Å². The van der Waals surface area contributed by atoms with E-state index in [0.717, 1.165) is 11.8 Å². The maximum absolute atomic E-state index is 12.4. The summed E-state index contributed by atoms with van der Waals surface area (Å²) in [6.07, 6.45) is 4.12. The van der Waals surface area contributed by atoms with Gasteiger partial charge in [0.1, 0.15) is 0 Å². The van der Waals surface area contributed by atoms with Crippen LogP contribution in [0.15, 0.2) is 62.1 Å². The number of amides is 1. The molecule has 0 saturated carbocycles. The SMILES string of the molecule is O=C(Nc1ccc2c(c1)S(=O)(=O)C=C2)c1ncoc1-c1ccco1. The minimum Gasteiger partial charge on any atom is -0.461 e. The fourth-order valence-electron chi connectivity index (χ4n) is 2.41. The van der Waals surface area contributed by atoms with Crippen molar-refractivity contribution >= 4 is 27.5 Å². The summed E-state index contributed by atoms with van der Waals surface area (Å²) < 4.78 is 34.2. The molecule has 0 atom stereocenters. The molecule has 1 amide bonds. The Balaban J connectivity index is 1.64. The summed E-state index contributed by atoms with van der Waals surface area (Å²) in [5.74, 6) is 0.0461. The largest absolute Gasteiger partial charge is 0.461 e. The Bertz CT molecular complexity index is 1060. The summed E-state index contributed by atoms with van der Waals surface area (Å²) in [7, 11) is -3.44. The van der Waals surface area contributed by atoms with Crippen LogP contribution < -0.4 is 5.32 Å². The third-order valence-electron chi connectivity index (χ3n) is 3.53. The first kappa shape index (κ1) is 14.5. The Hall–Kier alpha value is -3.13. The molecule has 1 aromatic carbocycles. The van der Waals surface area contributed by atoms with Crippen molar-refractivity contribution in [2.75, 3.05) is 5.32 Å². The molecule has 120 valence electrons. The molecule has 1 N–H and O–H groups in total. The molecule has 0 fully saturated rings. The summed E-state index contributed by atoms with van der Waals surface area (Å²) in [4.78, 5) is 16.5. The Labute approximate surface area is 136 Å². The van der Waals surface area contributed by atoms with E-state index in [-0.39, 0.29) is 16.3 Å². The third kappa shape index (κ3) is 2.33. The van der Waals surface area contributed by atoms with E-state index in [1.165, 1.54) is 18.4 Å². The molecule has 2 aromatic heterocycles. The lowest BCUT2D eigenvalue weighted by atomic mass is 10.2. The van der Waals surface area contributed by atoms with Crippen LogP contribution in [0.1, 0.15) is 16.1 Å². The van der Waals surface area contributed by atoms with Gasteiger partial charge in [0.05, 0.1) is 11.2 Å². The van der Waals surface area contributed by atoms with Crippen LogP contribution in [0.4, 0.5) is 5.69 Å². The van der Waals surface area contributed by atoms with Gasteiger partial charge in [0.15, 0.2) is 17.8 Å². The number of oxazole rings is 1. The van der Waals surface area contributed by atoms with Crippen LogP contribution in [0.25, 0.3) is 17.6 Å². The summed E-state index contributed by atoms with van der Waals surface area (Å²) in [6, 6.07) is 7.97. The van der Waals surface area contributed by atoms with Gasteiger partial charge in [-0.05, 0) is 35.9 Å². The highest BCUT2D eigenvalue weighted by molar-refractivity contribution is 7.94. The van der Waals surface area contributed by atoms with E-state index in [1.807, 2.05) is 0 Å². The fourth-order valence-corrected chi connectivity index (χ4v) is 3.64. The molecule has 0 bridgehead atoms. The standard InChI is InChI=1S/C16H10N2O5S/c19-16(14-15(23-9-17-14)12-2-1-6-22-12)18-11-4-3-10-5-7-24(20,21)13(10)8-11/h1-9H,(H,18,19). The zero-order chi connectivity index (χ0) is 16.7. The van der Waals surface area contributed by atoms with Crippen LogP contribution in [0.2, 0.25) is 0 Å². The second kappa shape index (κ2) is 5.20. The predicted molar refractivity (Wildman–Crippen MR) is 84.8 cm³/mol. The Morgan fingerprint density at radius 3 is 2.83 bits per heavy atom.